The molecule has 1 aromatic rings. The average Bonchev–Trinajstić information content (AvgIpc) is 1.88. The summed E-state index contributed by atoms with van der Waals surface area (Å²) in [4.78, 5) is 10.1. The van der Waals surface area contributed by atoms with Crippen LogP contribution in [0.5, 0.6) is 0 Å². The zero-order valence-corrected chi connectivity index (χ0v) is 4.72. The van der Waals surface area contributed by atoms with Crippen molar-refractivity contribution in [1.82, 2.24) is 20.4 Å². The molecular weight excluding hydrogens is 138 g/mol. The van der Waals surface area contributed by atoms with E-state index in [0.29, 0.717) is 0 Å². The van der Waals surface area contributed by atoms with Gasteiger partial charge in [0.15, 0.2) is 0 Å². The van der Waals surface area contributed by atoms with Crippen molar-refractivity contribution in [3.63, 3.8) is 0 Å². The van der Waals surface area contributed by atoms with Crippen molar-refractivity contribution in [3.8, 4) is 0 Å². The summed E-state index contributed by atoms with van der Waals surface area (Å²) in [6.07, 6.45) is 0. The van der Waals surface area contributed by atoms with Crippen molar-refractivity contribution < 1.29 is 9.90 Å². The summed E-state index contributed by atoms with van der Waals surface area (Å²) >= 11 is 0. The van der Waals surface area contributed by atoms with Crippen LogP contribution >= 0.6 is 0 Å². The van der Waals surface area contributed by atoms with Gasteiger partial charge in [0.1, 0.15) is 0 Å². The number of nitrogens with two attached hydrogens (primary N) is 1. The molecule has 52 valence electrons. The van der Waals surface area contributed by atoms with E-state index >= 15 is 0 Å². The molecule has 1 rings (SSSR count). The molecule has 7 heteroatoms. The van der Waals surface area contributed by atoms with E-state index in [1.165, 1.54) is 0 Å². The molecule has 0 radical (unpaired) electrons. The minimum atomic E-state index is -1.28. The maximum Gasteiger partial charge on any atom is 0.377 e. The number of nitrogens with zero attached hydrogens (tertiary/aromatic N) is 4. The molecule has 0 aromatic carbocycles. The first kappa shape index (κ1) is 6.33. The molecule has 0 bridgehead atoms. The molecule has 10 heavy (non-hydrogen) atoms. The Kier molecular flexibility index (Phi) is 1.40. The van der Waals surface area contributed by atoms with Crippen LogP contribution in [0.4, 0.5) is 5.95 Å². The third kappa shape index (κ3) is 1.13. The van der Waals surface area contributed by atoms with Crippen LogP contribution in [-0.4, -0.2) is 31.5 Å². The van der Waals surface area contributed by atoms with Crippen molar-refractivity contribution in [2.75, 3.05) is 5.73 Å². The van der Waals surface area contributed by atoms with E-state index in [4.69, 9.17) is 10.8 Å². The van der Waals surface area contributed by atoms with E-state index in [9.17, 15) is 4.79 Å². The number of carbonyl (C=O) groups is 1. The van der Waals surface area contributed by atoms with Crippen LogP contribution in [0.25, 0.3) is 0 Å². The number of aromatic nitrogens is 4. The van der Waals surface area contributed by atoms with E-state index in [0.717, 1.165) is 0 Å². The number of nitrogen functional groups attached to an aromatic ring is 1. The molecule has 3 N–H and O–H groups in total. The molecule has 0 aliphatic carbocycles. The minimum Gasteiger partial charge on any atom is -0.475 e. The van der Waals surface area contributed by atoms with Gasteiger partial charge < -0.3 is 10.8 Å². The second kappa shape index (κ2) is 2.21. The van der Waals surface area contributed by atoms with E-state index in [1.54, 1.807) is 0 Å². The van der Waals surface area contributed by atoms with Gasteiger partial charge in [-0.25, -0.2) is 4.79 Å². The van der Waals surface area contributed by atoms with Crippen molar-refractivity contribution in [2.45, 2.75) is 0 Å². The molecule has 0 atom stereocenters. The second-order valence-electron chi connectivity index (χ2n) is 1.39. The van der Waals surface area contributed by atoms with Crippen molar-refractivity contribution >= 4 is 11.9 Å². The first-order chi connectivity index (χ1) is 4.70. The highest BCUT2D eigenvalue weighted by atomic mass is 16.4. The SMILES string of the molecule is Nc1nnc(C(=O)O)nn1. The summed E-state index contributed by atoms with van der Waals surface area (Å²) < 4.78 is 0. The molecule has 0 unspecified atom stereocenters. The van der Waals surface area contributed by atoms with Crippen LogP contribution < -0.4 is 5.73 Å². The fraction of sp³-hybridized carbons (Fsp3) is 0. The molecule has 0 spiro atoms. The molecule has 0 aliphatic rings. The maximum absolute atomic E-state index is 10.1. The first-order valence-electron chi connectivity index (χ1n) is 2.26. The molecular formula is C3H3N5O2. The lowest BCUT2D eigenvalue weighted by Gasteiger charge is -1.88. The number of carboxylic acid groups (broad SMARTS) is 1. The van der Waals surface area contributed by atoms with E-state index in [-0.39, 0.29) is 5.95 Å². The Morgan fingerprint density at radius 1 is 1.30 bits per heavy atom. The summed E-state index contributed by atoms with van der Waals surface area (Å²) in [6, 6.07) is 0. The van der Waals surface area contributed by atoms with Gasteiger partial charge in [0.25, 0.3) is 11.8 Å². The average molecular weight is 141 g/mol. The summed E-state index contributed by atoms with van der Waals surface area (Å²) in [6.45, 7) is 0. The van der Waals surface area contributed by atoms with Crippen LogP contribution in [0.2, 0.25) is 0 Å². The van der Waals surface area contributed by atoms with Crippen LogP contribution in [0.15, 0.2) is 0 Å². The molecule has 7 nitrogen and oxygen atoms in total. The van der Waals surface area contributed by atoms with Gasteiger partial charge in [-0.2, -0.15) is 0 Å². The normalized spacial score (nSPS) is 9.20. The second-order valence-corrected chi connectivity index (χ2v) is 1.39. The molecule has 1 aromatic heterocycles. The lowest BCUT2D eigenvalue weighted by Crippen LogP contribution is -2.09. The molecule has 0 fully saturated rings. The van der Waals surface area contributed by atoms with Gasteiger partial charge in [-0.1, -0.05) is 0 Å². The summed E-state index contributed by atoms with van der Waals surface area (Å²) in [5, 5.41) is 20.8. The molecule has 0 saturated carbocycles. The standard InChI is InChI=1S/C3H3N5O2/c4-3-7-5-1(2(9)10)6-8-3/h(H,9,10)(H2,4,7,8). The Bertz CT molecular complexity index is 244. The highest BCUT2D eigenvalue weighted by molar-refractivity contribution is 5.82. The monoisotopic (exact) mass is 141 g/mol. The van der Waals surface area contributed by atoms with Gasteiger partial charge >= 0.3 is 5.97 Å². The van der Waals surface area contributed by atoms with Crippen LogP contribution in [0.1, 0.15) is 10.6 Å². The molecule has 1 heterocycles. The van der Waals surface area contributed by atoms with Gasteiger partial charge in [-0.3, -0.25) is 0 Å². The van der Waals surface area contributed by atoms with Crippen molar-refractivity contribution in [2.24, 2.45) is 0 Å². The van der Waals surface area contributed by atoms with Gasteiger partial charge in [-0.05, 0) is 0 Å². The maximum atomic E-state index is 10.1. The first-order valence-corrected chi connectivity index (χ1v) is 2.26. The fourth-order valence-corrected chi connectivity index (χ4v) is 0.323. The Morgan fingerprint density at radius 2 is 1.80 bits per heavy atom. The minimum absolute atomic E-state index is 0.148. The number of carboxylic acids is 1. The van der Waals surface area contributed by atoms with E-state index in [2.05, 4.69) is 20.4 Å². The third-order valence-electron chi connectivity index (χ3n) is 0.686. The predicted molar refractivity (Wildman–Crippen MR) is 29.0 cm³/mol. The highest BCUT2D eigenvalue weighted by Gasteiger charge is 2.06. The predicted octanol–water partition coefficient (Wildman–Crippen LogP) is -1.45. The fourth-order valence-electron chi connectivity index (χ4n) is 0.323. The number of aromatic carboxylic acids is 1. The van der Waals surface area contributed by atoms with Crippen LogP contribution in [0, 0.1) is 0 Å². The number of rotatable bonds is 1. The van der Waals surface area contributed by atoms with Crippen LogP contribution in [0.3, 0.4) is 0 Å². The zero-order valence-electron chi connectivity index (χ0n) is 4.72. The summed E-state index contributed by atoms with van der Waals surface area (Å²) in [7, 11) is 0. The Labute approximate surface area is 54.9 Å². The molecule has 0 amide bonds. The van der Waals surface area contributed by atoms with Gasteiger partial charge in [0.05, 0.1) is 0 Å². The lowest BCUT2D eigenvalue weighted by atomic mass is 10.6. The van der Waals surface area contributed by atoms with Crippen LogP contribution in [-0.2, 0) is 0 Å². The lowest BCUT2D eigenvalue weighted by molar-refractivity contribution is 0.0680. The number of hydrogen-bond acceptors (Lipinski definition) is 6. The van der Waals surface area contributed by atoms with E-state index < -0.39 is 11.8 Å². The quantitative estimate of drug-likeness (QED) is 0.491. The third-order valence-corrected chi connectivity index (χ3v) is 0.686. The summed E-state index contributed by atoms with van der Waals surface area (Å²) in [5.74, 6) is -1.89. The van der Waals surface area contributed by atoms with Crippen molar-refractivity contribution in [3.05, 3.63) is 5.82 Å². The zero-order chi connectivity index (χ0) is 7.56. The van der Waals surface area contributed by atoms with Gasteiger partial charge in [-0.15, -0.1) is 20.4 Å². The number of anilines is 1. The topological polar surface area (TPSA) is 115 Å². The Balaban J connectivity index is 3.00. The smallest absolute Gasteiger partial charge is 0.377 e. The Hall–Kier alpha value is -1.79. The molecule has 0 aliphatic heterocycles. The summed E-state index contributed by atoms with van der Waals surface area (Å²) in [5.41, 5.74) is 4.99. The number of hydrogen-bond donors (Lipinski definition) is 2. The Morgan fingerprint density at radius 3 is 2.20 bits per heavy atom. The largest absolute Gasteiger partial charge is 0.475 e. The van der Waals surface area contributed by atoms with Gasteiger partial charge in [0, 0.05) is 0 Å². The van der Waals surface area contributed by atoms with E-state index in [1.807, 2.05) is 0 Å². The van der Waals surface area contributed by atoms with Gasteiger partial charge in [0.2, 0.25) is 0 Å². The van der Waals surface area contributed by atoms with Crippen molar-refractivity contribution in [1.29, 1.82) is 0 Å². The molecule has 0 saturated heterocycles. The highest BCUT2D eigenvalue weighted by Crippen LogP contribution is 1.84.